The van der Waals surface area contributed by atoms with E-state index in [1.165, 1.54) is 10.6 Å². The van der Waals surface area contributed by atoms with Gasteiger partial charge in [-0.15, -0.1) is 0 Å². The number of aromatic nitrogens is 1. The molecule has 1 saturated heterocycles. The number of carbonyl (C=O) groups is 2. The number of carboxylic acids is 1. The van der Waals surface area contributed by atoms with E-state index in [0.29, 0.717) is 26.1 Å². The van der Waals surface area contributed by atoms with Gasteiger partial charge in [0, 0.05) is 44.7 Å². The number of pyridine rings is 1. The van der Waals surface area contributed by atoms with Crippen molar-refractivity contribution in [3.05, 3.63) is 34.7 Å². The molecule has 0 bridgehead atoms. The van der Waals surface area contributed by atoms with Gasteiger partial charge in [0.1, 0.15) is 0 Å². The molecule has 1 fully saturated rings. The van der Waals surface area contributed by atoms with Crippen LogP contribution in [0.25, 0.3) is 0 Å². The average Bonchev–Trinajstić information content (AvgIpc) is 2.46. The first-order chi connectivity index (χ1) is 10.1. The molecule has 2 rings (SSSR count). The first-order valence-electron chi connectivity index (χ1n) is 7.21. The summed E-state index contributed by atoms with van der Waals surface area (Å²) in [5, 5.41) is 8.76. The van der Waals surface area contributed by atoms with Gasteiger partial charge in [-0.3, -0.25) is 14.4 Å². The maximum Gasteiger partial charge on any atom is 0.303 e. The van der Waals surface area contributed by atoms with E-state index in [9.17, 15) is 14.4 Å². The molecule has 1 N–H and O–H groups in total. The third-order valence-electron chi connectivity index (χ3n) is 3.90. The van der Waals surface area contributed by atoms with Gasteiger partial charge >= 0.3 is 5.97 Å². The Morgan fingerprint density at radius 3 is 2.57 bits per heavy atom. The molecule has 1 aromatic heterocycles. The summed E-state index contributed by atoms with van der Waals surface area (Å²) >= 11 is 0. The molecule has 114 valence electrons. The van der Waals surface area contributed by atoms with Crippen LogP contribution in [-0.2, 0) is 16.1 Å². The highest BCUT2D eigenvalue weighted by atomic mass is 16.4. The zero-order valence-electron chi connectivity index (χ0n) is 11.9. The topological polar surface area (TPSA) is 79.6 Å². The van der Waals surface area contributed by atoms with Crippen molar-refractivity contribution in [2.45, 2.75) is 32.2 Å². The molecule has 0 unspecified atom stereocenters. The summed E-state index contributed by atoms with van der Waals surface area (Å²) < 4.78 is 1.52. The molecule has 6 nitrogen and oxygen atoms in total. The van der Waals surface area contributed by atoms with E-state index in [4.69, 9.17) is 5.11 Å². The Labute approximate surface area is 123 Å². The Kier molecular flexibility index (Phi) is 5.14. The summed E-state index contributed by atoms with van der Waals surface area (Å²) in [6, 6.07) is 4.92. The molecule has 0 saturated carbocycles. The lowest BCUT2D eigenvalue weighted by Crippen LogP contribution is -2.39. The Balaban J connectivity index is 1.79. The number of carboxylic acid groups (broad SMARTS) is 1. The maximum atomic E-state index is 12.1. The Morgan fingerprint density at radius 1 is 1.24 bits per heavy atom. The number of aliphatic carboxylic acids is 1. The third-order valence-corrected chi connectivity index (χ3v) is 3.90. The van der Waals surface area contributed by atoms with Crippen LogP contribution in [0.5, 0.6) is 0 Å². The van der Waals surface area contributed by atoms with Gasteiger partial charge in [-0.25, -0.2) is 0 Å². The number of carbonyl (C=O) groups excluding carboxylic acids is 1. The lowest BCUT2D eigenvalue weighted by atomic mass is 9.93. The van der Waals surface area contributed by atoms with Crippen molar-refractivity contribution in [1.29, 1.82) is 0 Å². The van der Waals surface area contributed by atoms with Gasteiger partial charge in [-0.05, 0) is 24.8 Å². The Hall–Kier alpha value is -2.11. The van der Waals surface area contributed by atoms with Gasteiger partial charge in [0.25, 0.3) is 5.56 Å². The van der Waals surface area contributed by atoms with Gasteiger partial charge in [-0.2, -0.15) is 0 Å². The highest BCUT2D eigenvalue weighted by Gasteiger charge is 2.23. The molecule has 1 aromatic rings. The fourth-order valence-corrected chi connectivity index (χ4v) is 2.65. The zero-order valence-corrected chi connectivity index (χ0v) is 11.9. The highest BCUT2D eigenvalue weighted by Crippen LogP contribution is 2.20. The molecular weight excluding hydrogens is 272 g/mol. The first kappa shape index (κ1) is 15.3. The molecule has 2 heterocycles. The van der Waals surface area contributed by atoms with E-state index in [-0.39, 0.29) is 23.8 Å². The van der Waals surface area contributed by atoms with E-state index in [2.05, 4.69) is 0 Å². The predicted octanol–water partition coefficient (Wildman–Crippen LogP) is 0.952. The van der Waals surface area contributed by atoms with Crippen molar-refractivity contribution in [3.63, 3.8) is 0 Å². The Morgan fingerprint density at radius 2 is 1.95 bits per heavy atom. The third kappa shape index (κ3) is 4.44. The highest BCUT2D eigenvalue weighted by molar-refractivity contribution is 5.76. The van der Waals surface area contributed by atoms with Crippen molar-refractivity contribution in [3.8, 4) is 0 Å². The van der Waals surface area contributed by atoms with E-state index in [1.54, 1.807) is 23.2 Å². The second kappa shape index (κ2) is 7.06. The quantitative estimate of drug-likeness (QED) is 0.876. The van der Waals surface area contributed by atoms with Gasteiger partial charge in [-0.1, -0.05) is 6.07 Å². The second-order valence-corrected chi connectivity index (χ2v) is 5.40. The molecule has 0 aromatic carbocycles. The SMILES string of the molecule is O=C(O)CC1CCN(C(=O)CCn2ccccc2=O)CC1. The largest absolute Gasteiger partial charge is 0.481 e. The number of hydrogen-bond acceptors (Lipinski definition) is 3. The monoisotopic (exact) mass is 292 g/mol. The summed E-state index contributed by atoms with van der Waals surface area (Å²) in [6.45, 7) is 1.61. The normalized spacial score (nSPS) is 15.9. The van der Waals surface area contributed by atoms with E-state index in [0.717, 1.165) is 12.8 Å². The van der Waals surface area contributed by atoms with E-state index in [1.807, 2.05) is 0 Å². The van der Waals surface area contributed by atoms with Crippen LogP contribution >= 0.6 is 0 Å². The van der Waals surface area contributed by atoms with Crippen molar-refractivity contribution in [2.24, 2.45) is 5.92 Å². The number of hydrogen-bond donors (Lipinski definition) is 1. The van der Waals surface area contributed by atoms with Crippen LogP contribution in [0.4, 0.5) is 0 Å². The molecular formula is C15H20N2O4. The lowest BCUT2D eigenvalue weighted by Gasteiger charge is -2.31. The molecule has 0 atom stereocenters. The van der Waals surface area contributed by atoms with Crippen LogP contribution in [0.2, 0.25) is 0 Å². The maximum absolute atomic E-state index is 12.1. The summed E-state index contributed by atoms with van der Waals surface area (Å²) in [5.41, 5.74) is -0.106. The van der Waals surface area contributed by atoms with Gasteiger partial charge in [0.2, 0.25) is 5.91 Å². The predicted molar refractivity (Wildman–Crippen MR) is 76.9 cm³/mol. The van der Waals surface area contributed by atoms with Crippen molar-refractivity contribution in [1.82, 2.24) is 9.47 Å². The van der Waals surface area contributed by atoms with Crippen LogP contribution in [0.15, 0.2) is 29.2 Å². The van der Waals surface area contributed by atoms with Gasteiger partial charge < -0.3 is 14.6 Å². The van der Waals surface area contributed by atoms with Crippen molar-refractivity contribution < 1.29 is 14.7 Å². The summed E-state index contributed by atoms with van der Waals surface area (Å²) in [4.78, 5) is 36.1. The minimum absolute atomic E-state index is 0.0273. The van der Waals surface area contributed by atoms with Crippen LogP contribution in [0, 0.1) is 5.92 Å². The molecule has 6 heteroatoms. The summed E-state index contributed by atoms with van der Waals surface area (Å²) in [5.74, 6) is -0.578. The van der Waals surface area contributed by atoms with Crippen LogP contribution < -0.4 is 5.56 Å². The fraction of sp³-hybridized carbons (Fsp3) is 0.533. The lowest BCUT2D eigenvalue weighted by molar-refractivity contribution is -0.138. The smallest absolute Gasteiger partial charge is 0.303 e. The first-order valence-corrected chi connectivity index (χ1v) is 7.21. The number of amides is 1. The minimum atomic E-state index is -0.775. The van der Waals surface area contributed by atoms with Crippen molar-refractivity contribution >= 4 is 11.9 Å². The molecule has 1 amide bonds. The molecule has 1 aliphatic heterocycles. The summed E-state index contributed by atoms with van der Waals surface area (Å²) in [7, 11) is 0. The Bertz CT molecular complexity index is 559. The van der Waals surface area contributed by atoms with E-state index < -0.39 is 5.97 Å². The van der Waals surface area contributed by atoms with E-state index >= 15 is 0 Å². The molecule has 0 spiro atoms. The number of aryl methyl sites for hydroxylation is 1. The summed E-state index contributed by atoms with van der Waals surface area (Å²) in [6.07, 6.45) is 3.64. The number of likely N-dealkylation sites (tertiary alicyclic amines) is 1. The standard InChI is InChI=1S/C15H20N2O4/c18-13-3-1-2-7-16(13)10-6-14(19)17-8-4-12(5-9-17)11-15(20)21/h1-3,7,12H,4-6,8-11H2,(H,20,21). The fourth-order valence-electron chi connectivity index (χ4n) is 2.65. The van der Waals surface area contributed by atoms with Crippen LogP contribution in [0.3, 0.4) is 0 Å². The minimum Gasteiger partial charge on any atom is -0.481 e. The number of rotatable bonds is 5. The van der Waals surface area contributed by atoms with Gasteiger partial charge in [0.15, 0.2) is 0 Å². The van der Waals surface area contributed by atoms with Gasteiger partial charge in [0.05, 0.1) is 0 Å². The molecule has 21 heavy (non-hydrogen) atoms. The second-order valence-electron chi connectivity index (χ2n) is 5.40. The number of nitrogens with zero attached hydrogens (tertiary/aromatic N) is 2. The van der Waals surface area contributed by atoms with Crippen LogP contribution in [-0.4, -0.2) is 39.5 Å². The zero-order chi connectivity index (χ0) is 15.2. The average molecular weight is 292 g/mol. The molecule has 0 radical (unpaired) electrons. The van der Waals surface area contributed by atoms with Crippen LogP contribution in [0.1, 0.15) is 25.7 Å². The molecule has 1 aliphatic rings. The number of piperidine rings is 1. The molecule has 0 aliphatic carbocycles. The van der Waals surface area contributed by atoms with Crippen molar-refractivity contribution in [2.75, 3.05) is 13.1 Å².